The summed E-state index contributed by atoms with van der Waals surface area (Å²) in [6.45, 7) is 2.10. The molecule has 6 aromatic rings. The van der Waals surface area contributed by atoms with Gasteiger partial charge >= 0.3 is 0 Å². The Kier molecular flexibility index (Phi) is 6.31. The number of amides is 1. The van der Waals surface area contributed by atoms with Crippen LogP contribution < -0.4 is 5.32 Å². The highest BCUT2D eigenvalue weighted by atomic mass is 32.1. The van der Waals surface area contributed by atoms with Gasteiger partial charge in [0.15, 0.2) is 11.5 Å². The van der Waals surface area contributed by atoms with Crippen molar-refractivity contribution in [1.82, 2.24) is 35.1 Å². The second-order valence-electron chi connectivity index (χ2n) is 10.5. The van der Waals surface area contributed by atoms with E-state index in [0.29, 0.717) is 35.2 Å². The molecule has 3 N–H and O–H groups in total. The summed E-state index contributed by atoms with van der Waals surface area (Å²) in [5.41, 5.74) is 6.29. The molecular weight excluding hydrogens is 520 g/mol. The Morgan fingerprint density at radius 1 is 1.07 bits per heavy atom. The zero-order valence-electron chi connectivity index (χ0n) is 22.1. The SMILES string of the molecule is Cc1ccc(-c2ccnc3nc(-c4n[nH]c5cnc(-c6cncc(NC(=O)CC7CCCCC7)c6)cc45)[nH]c23)s1. The maximum absolute atomic E-state index is 12.7. The number of rotatable bonds is 6. The lowest BCUT2D eigenvalue weighted by Crippen LogP contribution is -2.18. The van der Waals surface area contributed by atoms with Crippen LogP contribution in [0, 0.1) is 12.8 Å². The Morgan fingerprint density at radius 3 is 2.83 bits per heavy atom. The van der Waals surface area contributed by atoms with E-state index in [-0.39, 0.29) is 5.91 Å². The quantitative estimate of drug-likeness (QED) is 0.208. The first-order valence-corrected chi connectivity index (χ1v) is 14.4. The van der Waals surface area contributed by atoms with E-state index >= 15 is 0 Å². The van der Waals surface area contributed by atoms with Gasteiger partial charge in [-0.2, -0.15) is 5.10 Å². The second kappa shape index (κ2) is 10.3. The van der Waals surface area contributed by atoms with Crippen LogP contribution in [0.3, 0.4) is 0 Å². The van der Waals surface area contributed by atoms with Crippen LogP contribution in [-0.2, 0) is 4.79 Å². The van der Waals surface area contributed by atoms with Gasteiger partial charge in [0.1, 0.15) is 5.69 Å². The number of imidazole rings is 1. The third kappa shape index (κ3) is 4.75. The summed E-state index contributed by atoms with van der Waals surface area (Å²) >= 11 is 1.74. The fourth-order valence-corrected chi connectivity index (χ4v) is 6.48. The Morgan fingerprint density at radius 2 is 1.98 bits per heavy atom. The van der Waals surface area contributed by atoms with Gasteiger partial charge in [-0.1, -0.05) is 19.3 Å². The van der Waals surface area contributed by atoms with E-state index in [9.17, 15) is 4.79 Å². The fraction of sp³-hybridized carbons (Fsp3) is 0.267. The number of carbonyl (C=O) groups excluding carboxylic acids is 1. The van der Waals surface area contributed by atoms with E-state index in [4.69, 9.17) is 4.98 Å². The van der Waals surface area contributed by atoms with Gasteiger partial charge < -0.3 is 10.3 Å². The number of H-pyrrole nitrogens is 2. The Labute approximate surface area is 234 Å². The molecule has 1 amide bonds. The van der Waals surface area contributed by atoms with Crippen molar-refractivity contribution >= 4 is 45.0 Å². The number of aromatic amines is 2. The molecule has 0 spiro atoms. The highest BCUT2D eigenvalue weighted by molar-refractivity contribution is 7.15. The first-order valence-electron chi connectivity index (χ1n) is 13.6. The summed E-state index contributed by atoms with van der Waals surface area (Å²) in [6.07, 6.45) is 13.5. The fourth-order valence-electron chi connectivity index (χ4n) is 5.58. The molecule has 0 unspecified atom stereocenters. The average Bonchev–Trinajstić information content (AvgIpc) is 3.71. The number of pyridine rings is 3. The van der Waals surface area contributed by atoms with Crippen LogP contribution in [0.2, 0.25) is 0 Å². The van der Waals surface area contributed by atoms with Crippen molar-refractivity contribution in [2.24, 2.45) is 5.92 Å². The molecule has 1 fully saturated rings. The molecule has 1 aliphatic rings. The van der Waals surface area contributed by atoms with Gasteiger partial charge in [0.25, 0.3) is 0 Å². The summed E-state index contributed by atoms with van der Waals surface area (Å²) in [5.74, 6) is 1.16. The maximum atomic E-state index is 12.7. The largest absolute Gasteiger partial charge is 0.335 e. The predicted octanol–water partition coefficient (Wildman–Crippen LogP) is 6.90. The number of hydrogen-bond acceptors (Lipinski definition) is 7. The van der Waals surface area contributed by atoms with Gasteiger partial charge in [0.05, 0.1) is 34.8 Å². The number of hydrogen-bond donors (Lipinski definition) is 3. The lowest BCUT2D eigenvalue weighted by molar-refractivity contribution is -0.117. The molecule has 0 aromatic carbocycles. The van der Waals surface area contributed by atoms with Gasteiger partial charge in [-0.25, -0.2) is 9.97 Å². The minimum absolute atomic E-state index is 0.0435. The zero-order chi connectivity index (χ0) is 27.1. The monoisotopic (exact) mass is 548 g/mol. The molecule has 0 bridgehead atoms. The number of nitrogens with zero attached hydrogens (tertiary/aromatic N) is 5. The summed E-state index contributed by atoms with van der Waals surface area (Å²) in [6, 6.07) is 10.1. The van der Waals surface area contributed by atoms with Crippen molar-refractivity contribution in [2.75, 3.05) is 5.32 Å². The number of thiophene rings is 1. The van der Waals surface area contributed by atoms with Gasteiger partial charge in [0.2, 0.25) is 5.91 Å². The first-order chi connectivity index (χ1) is 19.6. The summed E-state index contributed by atoms with van der Waals surface area (Å²) in [7, 11) is 0. The molecule has 0 radical (unpaired) electrons. The third-order valence-corrected chi connectivity index (χ3v) is 8.62. The van der Waals surface area contributed by atoms with Crippen LogP contribution in [0.5, 0.6) is 0 Å². The number of nitrogens with one attached hydrogen (secondary N) is 3. The van der Waals surface area contributed by atoms with Crippen LogP contribution in [0.15, 0.2) is 55.1 Å². The number of anilines is 1. The van der Waals surface area contributed by atoms with Crippen LogP contribution in [-0.4, -0.2) is 41.0 Å². The van der Waals surface area contributed by atoms with E-state index in [1.165, 1.54) is 24.1 Å². The number of fused-ring (bicyclic) bond motifs is 2. The molecule has 0 saturated heterocycles. The van der Waals surface area contributed by atoms with Crippen molar-refractivity contribution in [3.05, 3.63) is 60.0 Å². The molecule has 1 aliphatic carbocycles. The van der Waals surface area contributed by atoms with Crippen molar-refractivity contribution in [1.29, 1.82) is 0 Å². The van der Waals surface area contributed by atoms with Gasteiger partial charge in [-0.15, -0.1) is 11.3 Å². The number of aromatic nitrogens is 7. The van der Waals surface area contributed by atoms with Crippen LogP contribution >= 0.6 is 11.3 Å². The third-order valence-electron chi connectivity index (χ3n) is 7.59. The predicted molar refractivity (Wildman–Crippen MR) is 158 cm³/mol. The topological polar surface area (TPSA) is 125 Å². The molecular formula is C30H28N8OS. The van der Waals surface area contributed by atoms with Crippen molar-refractivity contribution in [2.45, 2.75) is 45.4 Å². The van der Waals surface area contributed by atoms with Crippen LogP contribution in [0.1, 0.15) is 43.4 Å². The minimum Gasteiger partial charge on any atom is -0.335 e. The van der Waals surface area contributed by atoms with Crippen molar-refractivity contribution < 1.29 is 4.79 Å². The molecule has 7 rings (SSSR count). The Hall–Kier alpha value is -4.44. The molecule has 0 aliphatic heterocycles. The summed E-state index contributed by atoms with van der Waals surface area (Å²) in [5, 5.41) is 11.5. The van der Waals surface area contributed by atoms with Gasteiger partial charge in [-0.3, -0.25) is 19.9 Å². The van der Waals surface area contributed by atoms with Crippen LogP contribution in [0.25, 0.3) is 55.3 Å². The average molecular weight is 549 g/mol. The molecule has 200 valence electrons. The summed E-state index contributed by atoms with van der Waals surface area (Å²) < 4.78 is 0. The summed E-state index contributed by atoms with van der Waals surface area (Å²) in [4.78, 5) is 36.8. The second-order valence-corrected chi connectivity index (χ2v) is 11.7. The highest BCUT2D eigenvalue weighted by Gasteiger charge is 2.19. The standard InChI is InChI=1S/C30H28N8OS/c1-17-7-8-25(40-17)21-9-10-32-29-27(21)35-30(36-29)28-22-13-23(33-16-24(22)37-38-28)19-12-20(15-31-14-19)34-26(39)11-18-5-3-2-4-6-18/h7-10,12-16,18H,2-6,11H2,1H3,(H,34,39)(H,37,38)(H,32,35,36). The normalized spacial score (nSPS) is 14.2. The molecule has 6 aromatic heterocycles. The molecule has 6 heterocycles. The van der Waals surface area contributed by atoms with Crippen molar-refractivity contribution in [3.63, 3.8) is 0 Å². The number of carbonyl (C=O) groups is 1. The maximum Gasteiger partial charge on any atom is 0.224 e. The lowest BCUT2D eigenvalue weighted by Gasteiger charge is -2.20. The van der Waals surface area contributed by atoms with E-state index in [1.807, 2.05) is 18.2 Å². The van der Waals surface area contributed by atoms with E-state index in [0.717, 1.165) is 51.0 Å². The van der Waals surface area contributed by atoms with E-state index < -0.39 is 0 Å². The molecule has 10 heteroatoms. The zero-order valence-corrected chi connectivity index (χ0v) is 22.9. The van der Waals surface area contributed by atoms with E-state index in [1.54, 1.807) is 36.1 Å². The smallest absolute Gasteiger partial charge is 0.224 e. The molecule has 40 heavy (non-hydrogen) atoms. The van der Waals surface area contributed by atoms with Crippen molar-refractivity contribution in [3.8, 4) is 33.2 Å². The first kappa shape index (κ1) is 24.6. The Balaban J connectivity index is 1.19. The highest BCUT2D eigenvalue weighted by Crippen LogP contribution is 2.34. The van der Waals surface area contributed by atoms with Gasteiger partial charge in [-0.05, 0) is 56.0 Å². The molecule has 1 saturated carbocycles. The Bertz CT molecular complexity index is 1850. The minimum atomic E-state index is 0.0435. The number of aryl methyl sites for hydroxylation is 1. The molecule has 9 nitrogen and oxygen atoms in total. The lowest BCUT2D eigenvalue weighted by atomic mass is 9.87. The van der Waals surface area contributed by atoms with Gasteiger partial charge in [0, 0.05) is 45.1 Å². The molecule has 0 atom stereocenters. The van der Waals surface area contributed by atoms with Crippen LogP contribution in [0.4, 0.5) is 5.69 Å². The van der Waals surface area contributed by atoms with E-state index in [2.05, 4.69) is 54.5 Å².